The van der Waals surface area contributed by atoms with Gasteiger partial charge in [-0.15, -0.1) is 5.10 Å². The van der Waals surface area contributed by atoms with Crippen LogP contribution in [0.15, 0.2) is 30.5 Å². The molecule has 0 aliphatic carbocycles. The molecule has 5 heteroatoms. The summed E-state index contributed by atoms with van der Waals surface area (Å²) < 4.78 is 1.72. The number of nitriles is 1. The van der Waals surface area contributed by atoms with E-state index in [1.807, 2.05) is 37.2 Å². The molecule has 0 unspecified atom stereocenters. The molecule has 0 aliphatic heterocycles. The first-order valence-electron chi connectivity index (χ1n) is 5.25. The minimum atomic E-state index is 0.680. The third-order valence-corrected chi connectivity index (χ3v) is 2.56. The molecular weight excluding hydrogens is 214 g/mol. The van der Waals surface area contributed by atoms with Crippen LogP contribution in [0.4, 0.5) is 5.82 Å². The van der Waals surface area contributed by atoms with Crippen molar-refractivity contribution in [1.82, 2.24) is 15.0 Å². The predicted octanol–water partition coefficient (Wildman–Crippen LogP) is 1.32. The van der Waals surface area contributed by atoms with Crippen LogP contribution in [0, 0.1) is 11.3 Å². The molecule has 1 aromatic carbocycles. The molecular formula is C12H13N5. The van der Waals surface area contributed by atoms with Gasteiger partial charge < -0.3 is 4.90 Å². The zero-order valence-corrected chi connectivity index (χ0v) is 9.83. The molecule has 0 atom stereocenters. The lowest BCUT2D eigenvalue weighted by Crippen LogP contribution is -2.19. The Morgan fingerprint density at radius 1 is 1.47 bits per heavy atom. The van der Waals surface area contributed by atoms with Gasteiger partial charge in [-0.3, -0.25) is 0 Å². The van der Waals surface area contributed by atoms with Crippen molar-refractivity contribution in [2.24, 2.45) is 7.05 Å². The number of aryl methyl sites for hydroxylation is 1. The van der Waals surface area contributed by atoms with Crippen LogP contribution in [-0.2, 0) is 13.6 Å². The normalized spacial score (nSPS) is 9.94. The molecule has 5 nitrogen and oxygen atoms in total. The van der Waals surface area contributed by atoms with Crippen LogP contribution in [-0.4, -0.2) is 22.0 Å². The van der Waals surface area contributed by atoms with Crippen molar-refractivity contribution in [3.05, 3.63) is 41.6 Å². The van der Waals surface area contributed by atoms with Crippen LogP contribution in [0.2, 0.25) is 0 Å². The van der Waals surface area contributed by atoms with Crippen LogP contribution in [0.5, 0.6) is 0 Å². The Balaban J connectivity index is 2.16. The Hall–Kier alpha value is -2.35. The Bertz CT molecular complexity index is 552. The van der Waals surface area contributed by atoms with Crippen LogP contribution < -0.4 is 4.90 Å². The van der Waals surface area contributed by atoms with Gasteiger partial charge in [0.15, 0.2) is 0 Å². The highest BCUT2D eigenvalue weighted by Crippen LogP contribution is 2.13. The Labute approximate surface area is 99.9 Å². The van der Waals surface area contributed by atoms with Crippen molar-refractivity contribution >= 4 is 5.82 Å². The summed E-state index contributed by atoms with van der Waals surface area (Å²) in [5.41, 5.74) is 1.77. The van der Waals surface area contributed by atoms with Gasteiger partial charge in [-0.1, -0.05) is 17.3 Å². The lowest BCUT2D eigenvalue weighted by Gasteiger charge is -2.18. The molecule has 1 aromatic heterocycles. The van der Waals surface area contributed by atoms with Crippen LogP contribution in [0.1, 0.15) is 11.1 Å². The van der Waals surface area contributed by atoms with Crippen molar-refractivity contribution in [3.63, 3.8) is 0 Å². The van der Waals surface area contributed by atoms with Gasteiger partial charge in [-0.25, -0.2) is 4.68 Å². The maximum atomic E-state index is 8.84. The van der Waals surface area contributed by atoms with E-state index in [-0.39, 0.29) is 0 Å². The standard InChI is InChI=1S/C12H13N5/c1-16(12-8-14-15-17(12)2)9-11-5-3-4-10(6-11)7-13/h3-6,8H,9H2,1-2H3. The fourth-order valence-corrected chi connectivity index (χ4v) is 1.72. The third kappa shape index (κ3) is 2.42. The minimum Gasteiger partial charge on any atom is -0.354 e. The van der Waals surface area contributed by atoms with Gasteiger partial charge in [-0.05, 0) is 17.7 Å². The van der Waals surface area contributed by atoms with E-state index >= 15 is 0 Å². The molecule has 2 aromatic rings. The summed E-state index contributed by atoms with van der Waals surface area (Å²) in [5.74, 6) is 0.937. The van der Waals surface area contributed by atoms with E-state index in [1.165, 1.54) is 0 Å². The highest BCUT2D eigenvalue weighted by molar-refractivity contribution is 5.38. The van der Waals surface area contributed by atoms with Crippen molar-refractivity contribution in [2.75, 3.05) is 11.9 Å². The van der Waals surface area contributed by atoms with Gasteiger partial charge in [0.1, 0.15) is 5.82 Å². The molecule has 2 rings (SSSR count). The monoisotopic (exact) mass is 227 g/mol. The summed E-state index contributed by atoms with van der Waals surface area (Å²) in [6.07, 6.45) is 1.72. The van der Waals surface area contributed by atoms with Gasteiger partial charge in [0.2, 0.25) is 0 Å². The van der Waals surface area contributed by atoms with Gasteiger partial charge in [0.25, 0.3) is 0 Å². The van der Waals surface area contributed by atoms with Crippen molar-refractivity contribution in [3.8, 4) is 6.07 Å². The van der Waals surface area contributed by atoms with E-state index in [0.29, 0.717) is 5.56 Å². The van der Waals surface area contributed by atoms with E-state index in [0.717, 1.165) is 17.9 Å². The second kappa shape index (κ2) is 4.66. The summed E-state index contributed by atoms with van der Waals surface area (Å²) in [6.45, 7) is 0.719. The maximum absolute atomic E-state index is 8.84. The molecule has 17 heavy (non-hydrogen) atoms. The minimum absolute atomic E-state index is 0.680. The Morgan fingerprint density at radius 3 is 2.94 bits per heavy atom. The number of aromatic nitrogens is 3. The largest absolute Gasteiger partial charge is 0.354 e. The van der Waals surface area contributed by atoms with E-state index in [9.17, 15) is 0 Å². The molecule has 0 saturated carbocycles. The second-order valence-corrected chi connectivity index (χ2v) is 3.88. The summed E-state index contributed by atoms with van der Waals surface area (Å²) in [7, 11) is 3.82. The van der Waals surface area contributed by atoms with Gasteiger partial charge in [0, 0.05) is 20.6 Å². The van der Waals surface area contributed by atoms with Gasteiger partial charge >= 0.3 is 0 Å². The third-order valence-electron chi connectivity index (χ3n) is 2.56. The average Bonchev–Trinajstić information content (AvgIpc) is 2.76. The summed E-state index contributed by atoms with van der Waals surface area (Å²) >= 11 is 0. The van der Waals surface area contributed by atoms with E-state index < -0.39 is 0 Å². The summed E-state index contributed by atoms with van der Waals surface area (Å²) in [5, 5.41) is 16.6. The van der Waals surface area contributed by atoms with Crippen molar-refractivity contribution in [2.45, 2.75) is 6.54 Å². The van der Waals surface area contributed by atoms with Crippen LogP contribution in [0.3, 0.4) is 0 Å². The fraction of sp³-hybridized carbons (Fsp3) is 0.250. The topological polar surface area (TPSA) is 57.7 Å². The number of benzene rings is 1. The molecule has 0 amide bonds. The average molecular weight is 227 g/mol. The highest BCUT2D eigenvalue weighted by atomic mass is 15.5. The molecule has 0 radical (unpaired) electrons. The predicted molar refractivity (Wildman–Crippen MR) is 64.3 cm³/mol. The fourth-order valence-electron chi connectivity index (χ4n) is 1.72. The lowest BCUT2D eigenvalue weighted by atomic mass is 10.1. The molecule has 0 fully saturated rings. The zero-order valence-electron chi connectivity index (χ0n) is 9.83. The van der Waals surface area contributed by atoms with Crippen LogP contribution in [0.25, 0.3) is 0 Å². The quantitative estimate of drug-likeness (QED) is 0.793. The maximum Gasteiger partial charge on any atom is 0.147 e. The molecule has 86 valence electrons. The van der Waals surface area contributed by atoms with Crippen LogP contribution >= 0.6 is 0 Å². The first-order valence-corrected chi connectivity index (χ1v) is 5.25. The smallest absolute Gasteiger partial charge is 0.147 e. The van der Waals surface area contributed by atoms with Gasteiger partial charge in [-0.2, -0.15) is 5.26 Å². The molecule has 0 saturated heterocycles. The SMILES string of the molecule is CN(Cc1cccc(C#N)c1)c1cnnn1C. The molecule has 1 heterocycles. The second-order valence-electron chi connectivity index (χ2n) is 3.88. The number of nitrogens with zero attached hydrogens (tertiary/aromatic N) is 5. The molecule has 0 spiro atoms. The van der Waals surface area contributed by atoms with E-state index in [4.69, 9.17) is 5.26 Å². The summed E-state index contributed by atoms with van der Waals surface area (Å²) in [4.78, 5) is 2.04. The van der Waals surface area contributed by atoms with Gasteiger partial charge in [0.05, 0.1) is 17.8 Å². The number of anilines is 1. The molecule has 0 aliphatic rings. The first kappa shape index (κ1) is 11.1. The van der Waals surface area contributed by atoms with E-state index in [1.54, 1.807) is 16.9 Å². The first-order chi connectivity index (χ1) is 8.20. The Kier molecular flexibility index (Phi) is 3.06. The van der Waals surface area contributed by atoms with Crippen molar-refractivity contribution < 1.29 is 0 Å². The molecule has 0 N–H and O–H groups in total. The Morgan fingerprint density at radius 2 is 2.29 bits per heavy atom. The highest BCUT2D eigenvalue weighted by Gasteiger charge is 2.07. The summed E-state index contributed by atoms with van der Waals surface area (Å²) in [6, 6.07) is 9.72. The number of hydrogen-bond acceptors (Lipinski definition) is 4. The van der Waals surface area contributed by atoms with Crippen molar-refractivity contribution in [1.29, 1.82) is 5.26 Å². The van der Waals surface area contributed by atoms with E-state index in [2.05, 4.69) is 16.4 Å². The zero-order chi connectivity index (χ0) is 12.3. The number of hydrogen-bond donors (Lipinski definition) is 0. The molecule has 0 bridgehead atoms. The lowest BCUT2D eigenvalue weighted by molar-refractivity contribution is 0.697. The number of rotatable bonds is 3.